The summed E-state index contributed by atoms with van der Waals surface area (Å²) >= 11 is 0. The van der Waals surface area contributed by atoms with Crippen molar-refractivity contribution in [2.75, 3.05) is 0 Å². The predicted octanol–water partition coefficient (Wildman–Crippen LogP) is 2.89. The number of benzene rings is 1. The Balaban J connectivity index is 2.07. The maximum absolute atomic E-state index is 4.65. The topological polar surface area (TPSA) is 35.6 Å². The first kappa shape index (κ1) is 11.7. The third kappa shape index (κ3) is 2.05. The highest BCUT2D eigenvalue weighted by atomic mass is 15.3. The summed E-state index contributed by atoms with van der Waals surface area (Å²) in [5.41, 5.74) is 5.18. The van der Waals surface area contributed by atoms with Gasteiger partial charge >= 0.3 is 0 Å². The summed E-state index contributed by atoms with van der Waals surface area (Å²) in [5.74, 6) is 0. The lowest BCUT2D eigenvalue weighted by Crippen LogP contribution is -1.95. The average Bonchev–Trinajstić information content (AvgIpc) is 2.95. The van der Waals surface area contributed by atoms with E-state index < -0.39 is 0 Å². The van der Waals surface area contributed by atoms with Gasteiger partial charge in [0.15, 0.2) is 0 Å². The van der Waals surface area contributed by atoms with Gasteiger partial charge in [-0.3, -0.25) is 4.68 Å². The first-order valence-electron chi connectivity index (χ1n) is 6.28. The minimum absolute atomic E-state index is 0.923. The zero-order valence-corrected chi connectivity index (χ0v) is 11.3. The molecule has 4 nitrogen and oxygen atoms in total. The Labute approximate surface area is 112 Å². The number of rotatable bonds is 2. The third-order valence-corrected chi connectivity index (χ3v) is 3.27. The zero-order chi connectivity index (χ0) is 13.4. The lowest BCUT2D eigenvalue weighted by atomic mass is 10.2. The SMILES string of the molecule is Cc1cn(-c2ccccc2)nc1-c1cc(C)n(C)n1. The van der Waals surface area contributed by atoms with Crippen molar-refractivity contribution in [1.82, 2.24) is 19.6 Å². The highest BCUT2D eigenvalue weighted by molar-refractivity contribution is 5.59. The van der Waals surface area contributed by atoms with E-state index in [4.69, 9.17) is 0 Å². The molecule has 4 heteroatoms. The highest BCUT2D eigenvalue weighted by Gasteiger charge is 2.12. The lowest BCUT2D eigenvalue weighted by Gasteiger charge is -1.99. The second-order valence-corrected chi connectivity index (χ2v) is 4.74. The number of aromatic nitrogens is 4. The van der Waals surface area contributed by atoms with E-state index >= 15 is 0 Å². The van der Waals surface area contributed by atoms with Gasteiger partial charge in [0, 0.05) is 18.9 Å². The van der Waals surface area contributed by atoms with E-state index in [1.165, 1.54) is 0 Å². The summed E-state index contributed by atoms with van der Waals surface area (Å²) in [6.45, 7) is 4.10. The van der Waals surface area contributed by atoms with E-state index in [0.29, 0.717) is 0 Å². The van der Waals surface area contributed by atoms with Crippen molar-refractivity contribution in [3.63, 3.8) is 0 Å². The van der Waals surface area contributed by atoms with Crippen LogP contribution >= 0.6 is 0 Å². The van der Waals surface area contributed by atoms with Gasteiger partial charge in [0.25, 0.3) is 0 Å². The molecule has 2 aromatic heterocycles. The van der Waals surface area contributed by atoms with Crippen LogP contribution < -0.4 is 0 Å². The van der Waals surface area contributed by atoms with Crippen molar-refractivity contribution in [3.05, 3.63) is 53.9 Å². The van der Waals surface area contributed by atoms with Crippen LogP contribution in [0.1, 0.15) is 11.3 Å². The van der Waals surface area contributed by atoms with Crippen LogP contribution in [0, 0.1) is 13.8 Å². The summed E-state index contributed by atoms with van der Waals surface area (Å²) < 4.78 is 3.77. The van der Waals surface area contributed by atoms with Crippen molar-refractivity contribution in [2.45, 2.75) is 13.8 Å². The summed E-state index contributed by atoms with van der Waals surface area (Å²) in [6, 6.07) is 12.2. The fraction of sp³-hybridized carbons (Fsp3) is 0.200. The van der Waals surface area contributed by atoms with Crippen molar-refractivity contribution >= 4 is 0 Å². The van der Waals surface area contributed by atoms with Crippen LogP contribution in [0.5, 0.6) is 0 Å². The molecule has 0 saturated carbocycles. The normalized spacial score (nSPS) is 10.9. The molecule has 1 aromatic carbocycles. The Hall–Kier alpha value is -2.36. The fourth-order valence-electron chi connectivity index (χ4n) is 2.10. The van der Waals surface area contributed by atoms with E-state index in [2.05, 4.69) is 23.2 Å². The molecular weight excluding hydrogens is 236 g/mol. The molecule has 0 unspecified atom stereocenters. The molecule has 19 heavy (non-hydrogen) atoms. The molecule has 0 fully saturated rings. The molecule has 0 bridgehead atoms. The molecule has 96 valence electrons. The number of para-hydroxylation sites is 1. The number of hydrogen-bond acceptors (Lipinski definition) is 2. The first-order chi connectivity index (χ1) is 9.15. The Morgan fingerprint density at radius 3 is 2.37 bits per heavy atom. The van der Waals surface area contributed by atoms with Crippen LogP contribution in [0.15, 0.2) is 42.6 Å². The Kier molecular flexibility index (Phi) is 2.71. The van der Waals surface area contributed by atoms with Gasteiger partial charge in [0.1, 0.15) is 11.4 Å². The van der Waals surface area contributed by atoms with Crippen molar-refractivity contribution in [2.24, 2.45) is 7.05 Å². The van der Waals surface area contributed by atoms with Crippen molar-refractivity contribution in [1.29, 1.82) is 0 Å². The molecule has 0 saturated heterocycles. The molecule has 3 aromatic rings. The van der Waals surface area contributed by atoms with E-state index in [0.717, 1.165) is 28.3 Å². The molecule has 0 radical (unpaired) electrons. The smallest absolute Gasteiger partial charge is 0.116 e. The maximum Gasteiger partial charge on any atom is 0.116 e. The Morgan fingerprint density at radius 1 is 1.00 bits per heavy atom. The van der Waals surface area contributed by atoms with Gasteiger partial charge in [-0.1, -0.05) is 18.2 Å². The zero-order valence-electron chi connectivity index (χ0n) is 11.3. The van der Waals surface area contributed by atoms with Gasteiger partial charge in [-0.2, -0.15) is 10.2 Å². The van der Waals surface area contributed by atoms with E-state index in [-0.39, 0.29) is 0 Å². The molecule has 0 amide bonds. The number of nitrogens with zero attached hydrogens (tertiary/aromatic N) is 4. The van der Waals surface area contributed by atoms with Crippen LogP contribution in [-0.4, -0.2) is 19.6 Å². The van der Waals surface area contributed by atoms with Gasteiger partial charge in [-0.15, -0.1) is 0 Å². The molecule has 3 rings (SSSR count). The molecule has 0 aliphatic heterocycles. The standard InChI is InChI=1S/C15H16N4/c1-11-10-19(13-7-5-4-6-8-13)17-15(11)14-9-12(2)18(3)16-14/h4-10H,1-3H3. The van der Waals surface area contributed by atoms with Crippen molar-refractivity contribution in [3.8, 4) is 17.1 Å². The number of hydrogen-bond donors (Lipinski definition) is 0. The second-order valence-electron chi connectivity index (χ2n) is 4.74. The van der Waals surface area contributed by atoms with Crippen molar-refractivity contribution < 1.29 is 0 Å². The van der Waals surface area contributed by atoms with Gasteiger partial charge in [0.2, 0.25) is 0 Å². The van der Waals surface area contributed by atoms with Gasteiger partial charge in [-0.25, -0.2) is 4.68 Å². The van der Waals surface area contributed by atoms with E-state index in [1.54, 1.807) is 0 Å². The molecular formula is C15H16N4. The third-order valence-electron chi connectivity index (χ3n) is 3.27. The molecule has 0 aliphatic carbocycles. The van der Waals surface area contributed by atoms with E-state index in [9.17, 15) is 0 Å². The minimum Gasteiger partial charge on any atom is -0.272 e. The fourth-order valence-corrected chi connectivity index (χ4v) is 2.10. The van der Waals surface area contributed by atoms with Crippen LogP contribution in [0.4, 0.5) is 0 Å². The first-order valence-corrected chi connectivity index (χ1v) is 6.28. The lowest BCUT2D eigenvalue weighted by molar-refractivity contribution is 0.741. The molecule has 2 heterocycles. The van der Waals surface area contributed by atoms with Crippen LogP contribution in [0.3, 0.4) is 0 Å². The van der Waals surface area contributed by atoms with Crippen LogP contribution in [-0.2, 0) is 7.05 Å². The van der Waals surface area contributed by atoms with Gasteiger partial charge in [-0.05, 0) is 37.6 Å². The molecule has 0 spiro atoms. The van der Waals surface area contributed by atoms with E-state index in [1.807, 2.05) is 59.9 Å². The Morgan fingerprint density at radius 2 is 1.74 bits per heavy atom. The summed E-state index contributed by atoms with van der Waals surface area (Å²) in [7, 11) is 1.95. The van der Waals surface area contributed by atoms with Crippen LogP contribution in [0.25, 0.3) is 17.1 Å². The van der Waals surface area contributed by atoms with Gasteiger partial charge < -0.3 is 0 Å². The maximum atomic E-state index is 4.65. The highest BCUT2D eigenvalue weighted by Crippen LogP contribution is 2.22. The molecule has 0 N–H and O–H groups in total. The summed E-state index contributed by atoms with van der Waals surface area (Å²) in [5, 5.41) is 9.13. The Bertz CT molecular complexity index is 688. The van der Waals surface area contributed by atoms with Crippen LogP contribution in [0.2, 0.25) is 0 Å². The average molecular weight is 252 g/mol. The number of aryl methyl sites for hydroxylation is 3. The monoisotopic (exact) mass is 252 g/mol. The summed E-state index contributed by atoms with van der Waals surface area (Å²) in [6.07, 6.45) is 2.04. The predicted molar refractivity (Wildman–Crippen MR) is 75.2 cm³/mol. The second kappa shape index (κ2) is 4.39. The minimum atomic E-state index is 0.923. The largest absolute Gasteiger partial charge is 0.272 e. The molecule has 0 aliphatic rings. The quantitative estimate of drug-likeness (QED) is 0.703. The molecule has 0 atom stereocenters. The van der Waals surface area contributed by atoms with Gasteiger partial charge in [0.05, 0.1) is 5.69 Å². The summed E-state index contributed by atoms with van der Waals surface area (Å²) in [4.78, 5) is 0.